The Morgan fingerprint density at radius 1 is 0.882 bits per heavy atom. The number of thiol groups is 1. The maximum absolute atomic E-state index is 8.40. The third-order valence-electron chi connectivity index (χ3n) is 2.48. The first kappa shape index (κ1) is 16.7. The molecule has 17 heavy (non-hydrogen) atoms. The summed E-state index contributed by atoms with van der Waals surface area (Å²) in [7, 11) is 0. The molecule has 0 radical (unpaired) electrons. The van der Waals surface area contributed by atoms with Gasteiger partial charge in [0.25, 0.3) is 0 Å². The highest BCUT2D eigenvalue weighted by Gasteiger charge is 2.02. The molecule has 1 unspecified atom stereocenters. The topological polar surface area (TPSA) is 47.6 Å². The average Bonchev–Trinajstić information content (AvgIpc) is 2.33. The first-order valence-electron chi connectivity index (χ1n) is 6.35. The summed E-state index contributed by atoms with van der Waals surface area (Å²) in [6.07, 6.45) is 9.25. The number of rotatable bonds is 11. The molecule has 0 rings (SSSR count). The van der Waals surface area contributed by atoms with Crippen LogP contribution >= 0.6 is 24.4 Å². The highest BCUT2D eigenvalue weighted by Crippen LogP contribution is 2.22. The molecule has 2 nitrogen and oxygen atoms in total. The van der Waals surface area contributed by atoms with Crippen LogP contribution in [-0.2, 0) is 0 Å². The fourth-order valence-corrected chi connectivity index (χ4v) is 2.96. The van der Waals surface area contributed by atoms with Gasteiger partial charge in [0.15, 0.2) is 0 Å². The van der Waals surface area contributed by atoms with Gasteiger partial charge in [-0.1, -0.05) is 19.3 Å². The van der Waals surface area contributed by atoms with Crippen molar-refractivity contribution in [1.29, 1.82) is 10.5 Å². The van der Waals surface area contributed by atoms with Crippen LogP contribution in [0.15, 0.2) is 0 Å². The maximum atomic E-state index is 8.40. The van der Waals surface area contributed by atoms with Crippen LogP contribution in [-0.4, -0.2) is 10.3 Å². The van der Waals surface area contributed by atoms with Crippen LogP contribution in [0.1, 0.15) is 57.8 Å². The molecule has 0 saturated heterocycles. The van der Waals surface area contributed by atoms with Gasteiger partial charge >= 0.3 is 0 Å². The van der Waals surface area contributed by atoms with E-state index in [0.29, 0.717) is 17.4 Å². The second-order valence-corrected chi connectivity index (χ2v) is 6.34. The number of nitrogens with zero attached hydrogens (tertiary/aromatic N) is 2. The van der Waals surface area contributed by atoms with Gasteiger partial charge in [0, 0.05) is 17.4 Å². The van der Waals surface area contributed by atoms with E-state index in [1.54, 1.807) is 0 Å². The molecule has 0 aromatic carbocycles. The van der Waals surface area contributed by atoms with E-state index < -0.39 is 0 Å². The zero-order valence-corrected chi connectivity index (χ0v) is 12.1. The van der Waals surface area contributed by atoms with Crippen LogP contribution in [0.25, 0.3) is 0 Å². The van der Waals surface area contributed by atoms with Crippen molar-refractivity contribution < 1.29 is 0 Å². The number of thioether (sulfide) groups is 1. The molecule has 0 aromatic heterocycles. The molecule has 0 heterocycles. The lowest BCUT2D eigenvalue weighted by molar-refractivity contribution is 0.680. The summed E-state index contributed by atoms with van der Waals surface area (Å²) >= 11 is 6.44. The molecule has 0 aliphatic rings. The third-order valence-corrected chi connectivity index (χ3v) is 4.33. The van der Waals surface area contributed by atoms with E-state index in [1.807, 2.05) is 11.8 Å². The van der Waals surface area contributed by atoms with Crippen LogP contribution in [0.5, 0.6) is 0 Å². The lowest BCUT2D eigenvalue weighted by Crippen LogP contribution is -1.94. The SMILES string of the molecule is N#CCCCCCCSC(S)CCCCC#N. The predicted octanol–water partition coefficient (Wildman–Crippen LogP) is 4.53. The first-order valence-corrected chi connectivity index (χ1v) is 7.91. The van der Waals surface area contributed by atoms with E-state index in [-0.39, 0.29) is 0 Å². The number of hydrogen-bond donors (Lipinski definition) is 1. The molecule has 0 bridgehead atoms. The van der Waals surface area contributed by atoms with Crippen molar-refractivity contribution in [2.24, 2.45) is 0 Å². The van der Waals surface area contributed by atoms with Crippen molar-refractivity contribution in [2.75, 3.05) is 5.75 Å². The van der Waals surface area contributed by atoms with Gasteiger partial charge in [-0.25, -0.2) is 0 Å². The Hall–Kier alpha value is -0.320. The molecule has 0 amide bonds. The second kappa shape index (κ2) is 13.7. The van der Waals surface area contributed by atoms with Crippen LogP contribution in [0.4, 0.5) is 0 Å². The average molecular weight is 270 g/mol. The van der Waals surface area contributed by atoms with Gasteiger partial charge in [0.2, 0.25) is 0 Å². The molecule has 0 aliphatic carbocycles. The smallest absolute Gasteiger partial charge is 0.0621 e. The summed E-state index contributed by atoms with van der Waals surface area (Å²) in [5.74, 6) is 1.17. The number of hydrogen-bond acceptors (Lipinski definition) is 4. The van der Waals surface area contributed by atoms with Crippen molar-refractivity contribution in [3.8, 4) is 12.1 Å². The first-order chi connectivity index (χ1) is 8.31. The van der Waals surface area contributed by atoms with Crippen molar-refractivity contribution in [3.63, 3.8) is 0 Å². The quantitative estimate of drug-likeness (QED) is 0.341. The summed E-state index contributed by atoms with van der Waals surface area (Å²) in [6, 6.07) is 4.33. The highest BCUT2D eigenvalue weighted by molar-refractivity contribution is 8.10. The Bertz CT molecular complexity index is 243. The molecule has 0 N–H and O–H groups in total. The van der Waals surface area contributed by atoms with Gasteiger partial charge in [0.1, 0.15) is 0 Å². The second-order valence-electron chi connectivity index (χ2n) is 4.05. The van der Waals surface area contributed by atoms with Gasteiger partial charge in [0.05, 0.1) is 12.1 Å². The Morgan fingerprint density at radius 2 is 1.47 bits per heavy atom. The largest absolute Gasteiger partial charge is 0.198 e. The molecule has 1 atom stereocenters. The zero-order valence-electron chi connectivity index (χ0n) is 10.4. The van der Waals surface area contributed by atoms with E-state index >= 15 is 0 Å². The summed E-state index contributed by atoms with van der Waals surface area (Å²) in [5, 5.41) is 16.8. The molecule has 0 fully saturated rings. The zero-order chi connectivity index (χ0) is 12.8. The van der Waals surface area contributed by atoms with Gasteiger partial charge in [-0.15, -0.1) is 11.8 Å². The highest BCUT2D eigenvalue weighted by atomic mass is 32.2. The molecular formula is C13H22N2S2. The van der Waals surface area contributed by atoms with E-state index in [9.17, 15) is 0 Å². The van der Waals surface area contributed by atoms with E-state index in [1.165, 1.54) is 25.0 Å². The number of nitriles is 2. The Morgan fingerprint density at radius 3 is 2.12 bits per heavy atom. The molecular weight excluding hydrogens is 248 g/mol. The summed E-state index contributed by atoms with van der Waals surface area (Å²) in [5.41, 5.74) is 0. The minimum absolute atomic E-state index is 0.424. The standard InChI is InChI=1S/C13H22N2S2/c14-10-6-2-1-3-8-12-17-13(16)9-5-4-7-11-15/h13,16H,1-9,12H2. The summed E-state index contributed by atoms with van der Waals surface area (Å²) < 4.78 is 0.424. The van der Waals surface area contributed by atoms with Gasteiger partial charge in [-0.3, -0.25) is 0 Å². The van der Waals surface area contributed by atoms with Crippen molar-refractivity contribution in [1.82, 2.24) is 0 Å². The fourth-order valence-electron chi connectivity index (χ4n) is 1.49. The molecule has 4 heteroatoms. The van der Waals surface area contributed by atoms with Crippen LogP contribution in [0, 0.1) is 22.7 Å². The van der Waals surface area contributed by atoms with Crippen LogP contribution in [0.3, 0.4) is 0 Å². The Kier molecular flexibility index (Phi) is 13.5. The molecule has 96 valence electrons. The maximum Gasteiger partial charge on any atom is 0.0621 e. The van der Waals surface area contributed by atoms with Crippen molar-refractivity contribution in [3.05, 3.63) is 0 Å². The summed E-state index contributed by atoms with van der Waals surface area (Å²) in [4.78, 5) is 0. The van der Waals surface area contributed by atoms with E-state index in [0.717, 1.165) is 25.7 Å². The molecule has 0 aliphatic heterocycles. The normalized spacial score (nSPS) is 11.7. The van der Waals surface area contributed by atoms with Crippen LogP contribution < -0.4 is 0 Å². The fraction of sp³-hybridized carbons (Fsp3) is 0.846. The minimum atomic E-state index is 0.424. The van der Waals surface area contributed by atoms with Gasteiger partial charge in [-0.2, -0.15) is 23.2 Å². The van der Waals surface area contributed by atoms with Crippen LogP contribution in [0.2, 0.25) is 0 Å². The lowest BCUT2D eigenvalue weighted by Gasteiger charge is -2.09. The predicted molar refractivity (Wildman–Crippen MR) is 78.0 cm³/mol. The number of unbranched alkanes of at least 4 members (excludes halogenated alkanes) is 6. The van der Waals surface area contributed by atoms with Gasteiger partial charge < -0.3 is 0 Å². The Labute approximate surface area is 115 Å². The lowest BCUT2D eigenvalue weighted by atomic mass is 10.2. The molecule has 0 saturated carbocycles. The molecule has 0 aromatic rings. The molecule has 0 spiro atoms. The third kappa shape index (κ3) is 13.6. The minimum Gasteiger partial charge on any atom is -0.198 e. The summed E-state index contributed by atoms with van der Waals surface area (Å²) in [6.45, 7) is 0. The van der Waals surface area contributed by atoms with E-state index in [4.69, 9.17) is 10.5 Å². The van der Waals surface area contributed by atoms with Crippen molar-refractivity contribution >= 4 is 24.4 Å². The Balaban J connectivity index is 3.14. The van der Waals surface area contributed by atoms with Crippen molar-refractivity contribution in [2.45, 2.75) is 62.4 Å². The monoisotopic (exact) mass is 270 g/mol. The van der Waals surface area contributed by atoms with E-state index in [2.05, 4.69) is 24.8 Å². The van der Waals surface area contributed by atoms with Gasteiger partial charge in [-0.05, 0) is 31.4 Å².